The van der Waals surface area contributed by atoms with Crippen molar-refractivity contribution >= 4 is 0 Å². The van der Waals surface area contributed by atoms with E-state index in [9.17, 15) is 5.26 Å². The van der Waals surface area contributed by atoms with Crippen LogP contribution in [0.1, 0.15) is 38.2 Å². The summed E-state index contributed by atoms with van der Waals surface area (Å²) in [6.45, 7) is 4.27. The third kappa shape index (κ3) is 2.76. The van der Waals surface area contributed by atoms with Crippen LogP contribution in [-0.2, 0) is 0 Å². The molecule has 2 unspecified atom stereocenters. The zero-order valence-corrected chi connectivity index (χ0v) is 10.2. The second-order valence-electron chi connectivity index (χ2n) is 4.11. The molecule has 1 rings (SSSR count). The van der Waals surface area contributed by atoms with Gasteiger partial charge in [-0.1, -0.05) is 38.5 Å². The highest BCUT2D eigenvalue weighted by Crippen LogP contribution is 2.33. The highest BCUT2D eigenvalue weighted by atomic mass is 16.5. The molecule has 0 aliphatic carbocycles. The average Bonchev–Trinajstić information content (AvgIpc) is 2.31. The van der Waals surface area contributed by atoms with Gasteiger partial charge < -0.3 is 4.74 Å². The fourth-order valence-electron chi connectivity index (χ4n) is 2.05. The number of para-hydroxylation sites is 1. The number of hydrogen-bond acceptors (Lipinski definition) is 2. The molecule has 0 aromatic heterocycles. The van der Waals surface area contributed by atoms with Crippen LogP contribution in [0.25, 0.3) is 0 Å². The van der Waals surface area contributed by atoms with E-state index < -0.39 is 0 Å². The summed E-state index contributed by atoms with van der Waals surface area (Å²) in [6.07, 6.45) is 2.17. The molecule has 0 radical (unpaired) electrons. The lowest BCUT2D eigenvalue weighted by atomic mass is 9.85. The van der Waals surface area contributed by atoms with Gasteiger partial charge in [-0.25, -0.2) is 0 Å². The lowest BCUT2D eigenvalue weighted by Crippen LogP contribution is -2.09. The second kappa shape index (κ2) is 6.17. The molecule has 0 spiro atoms. The Hall–Kier alpha value is -1.49. The van der Waals surface area contributed by atoms with E-state index in [1.165, 1.54) is 0 Å². The zero-order valence-electron chi connectivity index (χ0n) is 10.2. The number of rotatable bonds is 5. The average molecular weight is 217 g/mol. The summed E-state index contributed by atoms with van der Waals surface area (Å²) in [5.41, 5.74) is 1.01. The van der Waals surface area contributed by atoms with Crippen molar-refractivity contribution in [1.29, 1.82) is 5.26 Å². The highest BCUT2D eigenvalue weighted by molar-refractivity contribution is 5.39. The first-order valence-corrected chi connectivity index (χ1v) is 5.77. The maximum atomic E-state index is 9.29. The Morgan fingerprint density at radius 1 is 1.38 bits per heavy atom. The monoisotopic (exact) mass is 217 g/mol. The van der Waals surface area contributed by atoms with Crippen LogP contribution in [0.15, 0.2) is 24.3 Å². The maximum Gasteiger partial charge on any atom is 0.123 e. The van der Waals surface area contributed by atoms with Crippen molar-refractivity contribution in [3.8, 4) is 11.8 Å². The number of benzene rings is 1. The van der Waals surface area contributed by atoms with Crippen LogP contribution < -0.4 is 4.74 Å². The quantitative estimate of drug-likeness (QED) is 0.752. The van der Waals surface area contributed by atoms with Gasteiger partial charge in [0, 0.05) is 5.56 Å². The molecular weight excluding hydrogens is 198 g/mol. The topological polar surface area (TPSA) is 33.0 Å². The fourth-order valence-corrected chi connectivity index (χ4v) is 2.05. The number of nitrogens with zero attached hydrogens (tertiary/aromatic N) is 1. The van der Waals surface area contributed by atoms with E-state index in [0.717, 1.165) is 24.2 Å². The van der Waals surface area contributed by atoms with Crippen molar-refractivity contribution in [2.24, 2.45) is 5.92 Å². The first-order chi connectivity index (χ1) is 7.74. The van der Waals surface area contributed by atoms with Crippen LogP contribution >= 0.6 is 0 Å². The first kappa shape index (κ1) is 12.6. The van der Waals surface area contributed by atoms with E-state index in [2.05, 4.69) is 19.9 Å². The van der Waals surface area contributed by atoms with Crippen LogP contribution in [0.4, 0.5) is 0 Å². The maximum absolute atomic E-state index is 9.29. The third-order valence-corrected chi connectivity index (χ3v) is 2.93. The van der Waals surface area contributed by atoms with Gasteiger partial charge in [0.05, 0.1) is 19.1 Å². The molecule has 86 valence electrons. The molecule has 0 fully saturated rings. The van der Waals surface area contributed by atoms with Gasteiger partial charge >= 0.3 is 0 Å². The van der Waals surface area contributed by atoms with Gasteiger partial charge in [0.2, 0.25) is 0 Å². The molecule has 0 heterocycles. The predicted octanol–water partition coefficient (Wildman–Crippen LogP) is 3.74. The van der Waals surface area contributed by atoms with Crippen LogP contribution in [0, 0.1) is 17.2 Å². The fraction of sp³-hybridized carbons (Fsp3) is 0.500. The van der Waals surface area contributed by atoms with Crippen LogP contribution in [0.2, 0.25) is 0 Å². The van der Waals surface area contributed by atoms with Crippen molar-refractivity contribution in [3.63, 3.8) is 0 Å². The minimum atomic E-state index is -0.0731. The summed E-state index contributed by atoms with van der Waals surface area (Å²) in [5.74, 6) is 1.11. The molecule has 0 N–H and O–H groups in total. The second-order valence-corrected chi connectivity index (χ2v) is 4.11. The highest BCUT2D eigenvalue weighted by Gasteiger charge is 2.21. The summed E-state index contributed by atoms with van der Waals surface area (Å²) in [7, 11) is 1.65. The Labute approximate surface area is 97.9 Å². The SMILES string of the molecule is CCCC(C)C(C#N)c1ccccc1OC. The van der Waals surface area contributed by atoms with Crippen molar-refractivity contribution in [2.75, 3.05) is 7.11 Å². The molecule has 0 aliphatic rings. The van der Waals surface area contributed by atoms with E-state index in [1.807, 2.05) is 24.3 Å². The third-order valence-electron chi connectivity index (χ3n) is 2.93. The van der Waals surface area contributed by atoms with Crippen LogP contribution in [-0.4, -0.2) is 7.11 Å². The number of hydrogen-bond donors (Lipinski definition) is 0. The summed E-state index contributed by atoms with van der Waals surface area (Å²) in [6, 6.07) is 10.2. The molecule has 1 aromatic carbocycles. The minimum absolute atomic E-state index is 0.0731. The molecule has 16 heavy (non-hydrogen) atoms. The van der Waals surface area contributed by atoms with Gasteiger partial charge in [-0.15, -0.1) is 0 Å². The molecule has 0 saturated heterocycles. The number of methoxy groups -OCH3 is 1. The normalized spacial score (nSPS) is 13.9. The van der Waals surface area contributed by atoms with Gasteiger partial charge in [0.25, 0.3) is 0 Å². The summed E-state index contributed by atoms with van der Waals surface area (Å²) >= 11 is 0. The van der Waals surface area contributed by atoms with E-state index in [-0.39, 0.29) is 5.92 Å². The minimum Gasteiger partial charge on any atom is -0.496 e. The Morgan fingerprint density at radius 3 is 2.62 bits per heavy atom. The smallest absolute Gasteiger partial charge is 0.123 e. The molecule has 0 bridgehead atoms. The Bertz CT molecular complexity index is 367. The van der Waals surface area contributed by atoms with E-state index in [4.69, 9.17) is 4.74 Å². The van der Waals surface area contributed by atoms with Gasteiger partial charge in [-0.3, -0.25) is 0 Å². The zero-order chi connectivity index (χ0) is 12.0. The van der Waals surface area contributed by atoms with Gasteiger partial charge in [0.1, 0.15) is 5.75 Å². The Morgan fingerprint density at radius 2 is 2.06 bits per heavy atom. The molecule has 0 saturated carbocycles. The van der Waals surface area contributed by atoms with Crippen molar-refractivity contribution < 1.29 is 4.74 Å². The number of ether oxygens (including phenoxy) is 1. The summed E-state index contributed by atoms with van der Waals surface area (Å²) < 4.78 is 5.31. The van der Waals surface area contributed by atoms with Gasteiger partial charge in [0.15, 0.2) is 0 Å². The van der Waals surface area contributed by atoms with E-state index in [0.29, 0.717) is 5.92 Å². The first-order valence-electron chi connectivity index (χ1n) is 5.77. The van der Waals surface area contributed by atoms with Crippen LogP contribution in [0.5, 0.6) is 5.75 Å². The van der Waals surface area contributed by atoms with E-state index >= 15 is 0 Å². The number of nitriles is 1. The van der Waals surface area contributed by atoms with Crippen molar-refractivity contribution in [1.82, 2.24) is 0 Å². The largest absolute Gasteiger partial charge is 0.496 e. The molecule has 2 atom stereocenters. The molecule has 0 amide bonds. The molecular formula is C14H19NO. The van der Waals surface area contributed by atoms with E-state index in [1.54, 1.807) is 7.11 Å². The van der Waals surface area contributed by atoms with Crippen molar-refractivity contribution in [2.45, 2.75) is 32.6 Å². The molecule has 0 aliphatic heterocycles. The lowest BCUT2D eigenvalue weighted by Gasteiger charge is -2.19. The summed E-state index contributed by atoms with van der Waals surface area (Å²) in [4.78, 5) is 0. The molecule has 2 nitrogen and oxygen atoms in total. The molecule has 2 heteroatoms. The lowest BCUT2D eigenvalue weighted by molar-refractivity contribution is 0.397. The van der Waals surface area contributed by atoms with Gasteiger partial charge in [-0.2, -0.15) is 5.26 Å². The molecule has 1 aromatic rings. The van der Waals surface area contributed by atoms with Gasteiger partial charge in [-0.05, 0) is 18.4 Å². The predicted molar refractivity (Wildman–Crippen MR) is 65.4 cm³/mol. The summed E-state index contributed by atoms with van der Waals surface area (Å²) in [5, 5.41) is 9.29. The Balaban J connectivity index is 2.99. The van der Waals surface area contributed by atoms with Crippen molar-refractivity contribution in [3.05, 3.63) is 29.8 Å². The Kier molecular flexibility index (Phi) is 4.85. The standard InChI is InChI=1S/C14H19NO/c1-4-7-11(2)13(10-15)12-8-5-6-9-14(12)16-3/h5-6,8-9,11,13H,4,7H2,1-3H3. The van der Waals surface area contributed by atoms with Crippen LogP contribution in [0.3, 0.4) is 0 Å².